The van der Waals surface area contributed by atoms with E-state index in [-0.39, 0.29) is 0 Å². The van der Waals surface area contributed by atoms with E-state index in [9.17, 15) is 4.79 Å². The van der Waals surface area contributed by atoms with E-state index in [0.29, 0.717) is 11.9 Å². The number of pyridine rings is 1. The number of rotatable bonds is 5. The highest BCUT2D eigenvalue weighted by atomic mass is 16.2. The van der Waals surface area contributed by atoms with Crippen LogP contribution in [0, 0.1) is 0 Å². The Morgan fingerprint density at radius 2 is 1.81 bits per heavy atom. The van der Waals surface area contributed by atoms with Gasteiger partial charge in [-0.2, -0.15) is 0 Å². The van der Waals surface area contributed by atoms with Crippen molar-refractivity contribution in [2.75, 3.05) is 63.8 Å². The molecule has 1 aromatic heterocycles. The molecule has 1 aromatic rings. The van der Waals surface area contributed by atoms with Gasteiger partial charge in [0, 0.05) is 77.6 Å². The summed E-state index contributed by atoms with van der Waals surface area (Å²) in [6, 6.07) is 6.83. The van der Waals surface area contributed by atoms with Gasteiger partial charge in [0.15, 0.2) is 0 Å². The molecule has 4 rings (SSSR count). The number of carbonyl (C=O) groups excluding carboxylic acids is 1. The van der Waals surface area contributed by atoms with Gasteiger partial charge in [0.1, 0.15) is 5.82 Å². The van der Waals surface area contributed by atoms with Gasteiger partial charge < -0.3 is 9.80 Å². The summed E-state index contributed by atoms with van der Waals surface area (Å²) in [5.74, 6) is 1.47. The predicted molar refractivity (Wildman–Crippen MR) is 103 cm³/mol. The van der Waals surface area contributed by atoms with Gasteiger partial charge in [0.2, 0.25) is 5.91 Å². The molecule has 3 saturated heterocycles. The van der Waals surface area contributed by atoms with E-state index in [1.54, 1.807) is 0 Å². The van der Waals surface area contributed by atoms with Crippen LogP contribution >= 0.6 is 0 Å². The summed E-state index contributed by atoms with van der Waals surface area (Å²) in [5.41, 5.74) is 0. The molecule has 0 aromatic carbocycles. The molecule has 0 unspecified atom stereocenters. The van der Waals surface area contributed by atoms with Crippen molar-refractivity contribution in [2.24, 2.45) is 0 Å². The van der Waals surface area contributed by atoms with Crippen molar-refractivity contribution in [3.05, 3.63) is 24.4 Å². The van der Waals surface area contributed by atoms with Crippen LogP contribution < -0.4 is 4.90 Å². The number of piperazine rings is 1. The highest BCUT2D eigenvalue weighted by Gasteiger charge is 2.33. The molecule has 6 nitrogen and oxygen atoms in total. The Bertz CT molecular complexity index is 581. The SMILES string of the molecule is O=C1CCCCCN1CCN1CC(N2CCN(c3ccccn3)CC2)C1. The van der Waals surface area contributed by atoms with E-state index in [0.717, 1.165) is 77.6 Å². The first-order valence-electron chi connectivity index (χ1n) is 10.2. The number of nitrogens with zero attached hydrogens (tertiary/aromatic N) is 5. The topological polar surface area (TPSA) is 42.9 Å². The fraction of sp³-hybridized carbons (Fsp3) is 0.700. The smallest absolute Gasteiger partial charge is 0.222 e. The van der Waals surface area contributed by atoms with Crippen LogP contribution in [0.2, 0.25) is 0 Å². The highest BCUT2D eigenvalue weighted by molar-refractivity contribution is 5.76. The first-order valence-corrected chi connectivity index (χ1v) is 10.2. The molecule has 0 radical (unpaired) electrons. The quantitative estimate of drug-likeness (QED) is 0.794. The lowest BCUT2D eigenvalue weighted by molar-refractivity contribution is -0.131. The molecule has 0 N–H and O–H groups in total. The molecule has 0 atom stereocenters. The molecule has 0 spiro atoms. The molecule has 3 aliphatic rings. The zero-order valence-electron chi connectivity index (χ0n) is 15.7. The molecule has 3 aliphatic heterocycles. The summed E-state index contributed by atoms with van der Waals surface area (Å²) in [5, 5.41) is 0. The number of likely N-dealkylation sites (tertiary alicyclic amines) is 2. The van der Waals surface area contributed by atoms with Crippen molar-refractivity contribution in [1.29, 1.82) is 0 Å². The van der Waals surface area contributed by atoms with E-state index in [1.807, 2.05) is 12.3 Å². The van der Waals surface area contributed by atoms with E-state index in [1.165, 1.54) is 12.8 Å². The number of aromatic nitrogens is 1. The normalized spacial score (nSPS) is 23.8. The summed E-state index contributed by atoms with van der Waals surface area (Å²) >= 11 is 0. The van der Waals surface area contributed by atoms with Gasteiger partial charge >= 0.3 is 0 Å². The molecular formula is C20H31N5O. The van der Waals surface area contributed by atoms with Crippen molar-refractivity contribution in [3.63, 3.8) is 0 Å². The third-order valence-electron chi connectivity index (χ3n) is 6.10. The molecule has 142 valence electrons. The molecule has 6 heteroatoms. The first kappa shape index (κ1) is 17.7. The third kappa shape index (κ3) is 4.18. The Hall–Kier alpha value is -1.66. The predicted octanol–water partition coefficient (Wildman–Crippen LogP) is 1.29. The Balaban J connectivity index is 1.16. The summed E-state index contributed by atoms with van der Waals surface area (Å²) in [6.07, 6.45) is 6.09. The molecule has 26 heavy (non-hydrogen) atoms. The minimum atomic E-state index is 0.366. The Morgan fingerprint density at radius 3 is 2.58 bits per heavy atom. The van der Waals surface area contributed by atoms with Crippen LogP contribution in [0.15, 0.2) is 24.4 Å². The van der Waals surface area contributed by atoms with Gasteiger partial charge in [0.25, 0.3) is 0 Å². The number of carbonyl (C=O) groups is 1. The number of hydrogen-bond donors (Lipinski definition) is 0. The summed E-state index contributed by atoms with van der Waals surface area (Å²) in [4.78, 5) is 26.2. The van der Waals surface area contributed by atoms with Gasteiger partial charge in [-0.1, -0.05) is 12.5 Å². The van der Waals surface area contributed by atoms with Crippen LogP contribution in [0.3, 0.4) is 0 Å². The second-order valence-electron chi connectivity index (χ2n) is 7.82. The zero-order chi connectivity index (χ0) is 17.8. The van der Waals surface area contributed by atoms with E-state index in [2.05, 4.69) is 36.7 Å². The third-order valence-corrected chi connectivity index (χ3v) is 6.10. The Labute approximate surface area is 156 Å². The summed E-state index contributed by atoms with van der Waals surface area (Å²) < 4.78 is 0. The summed E-state index contributed by atoms with van der Waals surface area (Å²) in [7, 11) is 0. The average Bonchev–Trinajstić information content (AvgIpc) is 2.86. The maximum atomic E-state index is 12.1. The van der Waals surface area contributed by atoms with Gasteiger partial charge in [-0.3, -0.25) is 14.6 Å². The largest absolute Gasteiger partial charge is 0.354 e. The van der Waals surface area contributed by atoms with Crippen LogP contribution in [0.4, 0.5) is 5.82 Å². The van der Waals surface area contributed by atoms with Gasteiger partial charge in [0.05, 0.1) is 0 Å². The van der Waals surface area contributed by atoms with Gasteiger partial charge in [-0.05, 0) is 25.0 Å². The second kappa shape index (κ2) is 8.35. The Morgan fingerprint density at radius 1 is 0.962 bits per heavy atom. The van der Waals surface area contributed by atoms with Crippen LogP contribution in [-0.2, 0) is 4.79 Å². The van der Waals surface area contributed by atoms with E-state index in [4.69, 9.17) is 0 Å². The first-order chi connectivity index (χ1) is 12.8. The zero-order valence-corrected chi connectivity index (χ0v) is 15.7. The average molecular weight is 358 g/mol. The molecule has 0 saturated carbocycles. The fourth-order valence-electron chi connectivity index (χ4n) is 4.35. The lowest BCUT2D eigenvalue weighted by Gasteiger charge is -2.48. The van der Waals surface area contributed by atoms with Crippen LogP contribution in [-0.4, -0.2) is 90.5 Å². The van der Waals surface area contributed by atoms with E-state index < -0.39 is 0 Å². The molecule has 3 fully saturated rings. The highest BCUT2D eigenvalue weighted by Crippen LogP contribution is 2.19. The van der Waals surface area contributed by atoms with Crippen molar-refractivity contribution in [3.8, 4) is 0 Å². The van der Waals surface area contributed by atoms with Gasteiger partial charge in [-0.15, -0.1) is 0 Å². The minimum absolute atomic E-state index is 0.366. The van der Waals surface area contributed by atoms with Crippen molar-refractivity contribution in [1.82, 2.24) is 19.7 Å². The van der Waals surface area contributed by atoms with Gasteiger partial charge in [-0.25, -0.2) is 4.98 Å². The molecule has 1 amide bonds. The minimum Gasteiger partial charge on any atom is -0.354 e. The van der Waals surface area contributed by atoms with Crippen LogP contribution in [0.5, 0.6) is 0 Å². The van der Waals surface area contributed by atoms with Crippen molar-refractivity contribution in [2.45, 2.75) is 31.7 Å². The lowest BCUT2D eigenvalue weighted by atomic mass is 10.1. The standard InChI is InChI=1S/C20H31N5O/c26-20-7-2-1-5-9-25(20)11-10-22-16-18(17-22)23-12-14-24(15-13-23)19-6-3-4-8-21-19/h3-4,6,8,18H,1-2,5,7,9-17H2. The lowest BCUT2D eigenvalue weighted by Crippen LogP contribution is -2.63. The molecule has 4 heterocycles. The van der Waals surface area contributed by atoms with Crippen molar-refractivity contribution < 1.29 is 4.79 Å². The van der Waals surface area contributed by atoms with Crippen molar-refractivity contribution >= 4 is 11.7 Å². The summed E-state index contributed by atoms with van der Waals surface area (Å²) in [6.45, 7) is 9.61. The molecule has 0 aliphatic carbocycles. The fourth-order valence-corrected chi connectivity index (χ4v) is 4.35. The van der Waals surface area contributed by atoms with Crippen LogP contribution in [0.25, 0.3) is 0 Å². The molecule has 0 bridgehead atoms. The maximum Gasteiger partial charge on any atom is 0.222 e. The Kier molecular flexibility index (Phi) is 5.70. The monoisotopic (exact) mass is 357 g/mol. The molecular weight excluding hydrogens is 326 g/mol. The van der Waals surface area contributed by atoms with Crippen LogP contribution in [0.1, 0.15) is 25.7 Å². The maximum absolute atomic E-state index is 12.1. The number of amides is 1. The number of hydrogen-bond acceptors (Lipinski definition) is 5. The number of anilines is 1. The second-order valence-corrected chi connectivity index (χ2v) is 7.82. The van der Waals surface area contributed by atoms with E-state index >= 15 is 0 Å².